The topological polar surface area (TPSA) is 57.7 Å². The minimum Gasteiger partial charge on any atom is -0.329 e. The molecule has 0 radical (unpaired) electrons. The molecule has 1 aromatic carbocycles. The van der Waals surface area contributed by atoms with Gasteiger partial charge in [-0.1, -0.05) is 11.6 Å². The van der Waals surface area contributed by atoms with Gasteiger partial charge in [-0.2, -0.15) is 17.5 Å². The van der Waals surface area contributed by atoms with Crippen LogP contribution in [0.1, 0.15) is 32.6 Å². The van der Waals surface area contributed by atoms with Gasteiger partial charge in [0.1, 0.15) is 12.6 Å². The zero-order valence-electron chi connectivity index (χ0n) is 15.3. The van der Waals surface area contributed by atoms with Gasteiger partial charge in [0.2, 0.25) is 15.9 Å². The number of amides is 1. The van der Waals surface area contributed by atoms with E-state index in [0.29, 0.717) is 11.4 Å². The fraction of sp³-hybridized carbons (Fsp3) is 0.611. The Kier molecular flexibility index (Phi) is 5.99. The van der Waals surface area contributed by atoms with Crippen LogP contribution in [0.5, 0.6) is 0 Å². The first-order chi connectivity index (χ1) is 13.0. The number of carbonyl (C=O) groups excluding carboxylic acids is 1. The van der Waals surface area contributed by atoms with Crippen LogP contribution in [0.2, 0.25) is 5.02 Å². The first kappa shape index (κ1) is 21.4. The van der Waals surface area contributed by atoms with Crippen molar-refractivity contribution in [1.82, 2.24) is 9.21 Å². The second kappa shape index (κ2) is 7.84. The lowest BCUT2D eigenvalue weighted by Crippen LogP contribution is -2.53. The van der Waals surface area contributed by atoms with Crippen LogP contribution in [0.3, 0.4) is 0 Å². The van der Waals surface area contributed by atoms with Crippen molar-refractivity contribution in [2.45, 2.75) is 55.8 Å². The van der Waals surface area contributed by atoms with Crippen molar-refractivity contribution in [3.63, 3.8) is 0 Å². The van der Waals surface area contributed by atoms with E-state index in [1.54, 1.807) is 6.92 Å². The molecule has 10 heteroatoms. The number of benzene rings is 1. The number of nitrogens with zero attached hydrogens (tertiary/aromatic N) is 2. The van der Waals surface area contributed by atoms with Gasteiger partial charge in [-0.3, -0.25) is 4.79 Å². The summed E-state index contributed by atoms with van der Waals surface area (Å²) in [5, 5.41) is 0.364. The molecular weight excluding hydrogens is 417 g/mol. The van der Waals surface area contributed by atoms with Crippen LogP contribution in [0.4, 0.5) is 13.2 Å². The van der Waals surface area contributed by atoms with Gasteiger partial charge < -0.3 is 4.90 Å². The normalized spacial score (nSPS) is 22.2. The Balaban J connectivity index is 1.87. The average Bonchev–Trinajstić information content (AvgIpc) is 3.34. The molecule has 1 saturated carbocycles. The maximum Gasteiger partial charge on any atom is 0.406 e. The Labute approximate surface area is 167 Å². The van der Waals surface area contributed by atoms with Gasteiger partial charge in [0.05, 0.1) is 4.90 Å². The average molecular weight is 439 g/mol. The number of hydrogen-bond acceptors (Lipinski definition) is 3. The van der Waals surface area contributed by atoms with E-state index < -0.39 is 40.7 Å². The summed E-state index contributed by atoms with van der Waals surface area (Å²) in [6.07, 6.45) is -2.36. The highest BCUT2D eigenvalue weighted by Crippen LogP contribution is 2.37. The van der Waals surface area contributed by atoms with E-state index in [9.17, 15) is 26.4 Å². The Bertz CT molecular complexity index is 825. The number of alkyl halides is 3. The molecule has 2 fully saturated rings. The zero-order chi connectivity index (χ0) is 20.7. The second-order valence-corrected chi connectivity index (χ2v) is 9.71. The van der Waals surface area contributed by atoms with Crippen LogP contribution in [-0.4, -0.2) is 54.9 Å². The van der Waals surface area contributed by atoms with Gasteiger partial charge in [0.25, 0.3) is 0 Å². The van der Waals surface area contributed by atoms with Crippen molar-refractivity contribution >= 4 is 27.5 Å². The van der Waals surface area contributed by atoms with E-state index >= 15 is 0 Å². The van der Waals surface area contributed by atoms with Crippen LogP contribution in [0.25, 0.3) is 0 Å². The van der Waals surface area contributed by atoms with Crippen LogP contribution >= 0.6 is 11.6 Å². The summed E-state index contributed by atoms with van der Waals surface area (Å²) in [7, 11) is -4.01. The van der Waals surface area contributed by atoms with Crippen molar-refractivity contribution < 1.29 is 26.4 Å². The molecule has 0 N–H and O–H groups in total. The van der Waals surface area contributed by atoms with Crippen molar-refractivity contribution in [2.75, 3.05) is 13.1 Å². The molecule has 0 spiro atoms. The zero-order valence-corrected chi connectivity index (χ0v) is 16.9. The van der Waals surface area contributed by atoms with Gasteiger partial charge in [-0.05, 0) is 62.8 Å². The molecule has 0 unspecified atom stereocenters. The molecule has 28 heavy (non-hydrogen) atoms. The molecular formula is C18H22ClF3N2O3S. The second-order valence-electron chi connectivity index (χ2n) is 7.39. The molecule has 0 aromatic heterocycles. The van der Waals surface area contributed by atoms with Crippen LogP contribution in [0.15, 0.2) is 29.2 Å². The molecule has 1 amide bonds. The third-order valence-electron chi connectivity index (χ3n) is 5.34. The molecule has 1 aromatic rings. The van der Waals surface area contributed by atoms with Gasteiger partial charge >= 0.3 is 6.18 Å². The van der Waals surface area contributed by atoms with Crippen molar-refractivity contribution in [2.24, 2.45) is 5.92 Å². The summed E-state index contributed by atoms with van der Waals surface area (Å²) >= 11 is 5.80. The maximum absolute atomic E-state index is 13.1. The van der Waals surface area contributed by atoms with Crippen LogP contribution in [-0.2, 0) is 14.8 Å². The summed E-state index contributed by atoms with van der Waals surface area (Å²) in [6, 6.07) is 3.81. The van der Waals surface area contributed by atoms with E-state index in [0.717, 1.165) is 22.0 Å². The molecule has 1 saturated heterocycles. The van der Waals surface area contributed by atoms with Crippen molar-refractivity contribution in [3.8, 4) is 0 Å². The smallest absolute Gasteiger partial charge is 0.329 e. The highest BCUT2D eigenvalue weighted by atomic mass is 35.5. The number of sulfonamides is 1. The Morgan fingerprint density at radius 2 is 1.86 bits per heavy atom. The number of carbonyl (C=O) groups is 1. The monoisotopic (exact) mass is 438 g/mol. The number of hydrogen-bond donors (Lipinski definition) is 0. The highest BCUT2D eigenvalue weighted by Gasteiger charge is 2.46. The minimum atomic E-state index is -4.54. The van der Waals surface area contributed by atoms with Crippen LogP contribution in [0, 0.1) is 5.92 Å². The molecule has 3 rings (SSSR count). The molecule has 1 aliphatic carbocycles. The molecule has 2 atom stereocenters. The Hall–Kier alpha value is -1.32. The predicted octanol–water partition coefficient (Wildman–Crippen LogP) is 3.68. The van der Waals surface area contributed by atoms with Crippen LogP contribution < -0.4 is 0 Å². The third-order valence-corrected chi connectivity index (χ3v) is 7.51. The quantitative estimate of drug-likeness (QED) is 0.680. The standard InChI is InChI=1S/C18H22ClF3N2O3S/c1-12(13-4-5-13)23(11-18(20,21)22)17(25)16-3-2-10-24(16)28(26,27)15-8-6-14(19)7-9-15/h6-9,12-13,16H,2-5,10-11H2,1H3/t12-,16+/m1/s1. The summed E-state index contributed by atoms with van der Waals surface area (Å²) in [6.45, 7) is 0.335. The largest absolute Gasteiger partial charge is 0.406 e. The van der Waals surface area contributed by atoms with E-state index in [4.69, 9.17) is 11.6 Å². The molecule has 1 heterocycles. The summed E-state index contributed by atoms with van der Waals surface area (Å²) < 4.78 is 66.3. The number of halogens is 4. The summed E-state index contributed by atoms with van der Waals surface area (Å²) in [5.41, 5.74) is 0. The maximum atomic E-state index is 13.1. The summed E-state index contributed by atoms with van der Waals surface area (Å²) in [4.78, 5) is 13.8. The van der Waals surface area contributed by atoms with Gasteiger partial charge in [0.15, 0.2) is 0 Å². The van der Waals surface area contributed by atoms with Gasteiger partial charge in [0, 0.05) is 17.6 Å². The lowest BCUT2D eigenvalue weighted by atomic mass is 10.1. The van der Waals surface area contributed by atoms with E-state index in [-0.39, 0.29) is 23.8 Å². The lowest BCUT2D eigenvalue weighted by molar-refractivity contribution is -0.168. The van der Waals surface area contributed by atoms with Gasteiger partial charge in [-0.25, -0.2) is 8.42 Å². The molecule has 1 aliphatic heterocycles. The van der Waals surface area contributed by atoms with E-state index in [1.807, 2.05) is 0 Å². The first-order valence-electron chi connectivity index (χ1n) is 9.15. The number of rotatable bonds is 6. The summed E-state index contributed by atoms with van der Waals surface area (Å²) in [5.74, 6) is -0.735. The molecule has 5 nitrogen and oxygen atoms in total. The fourth-order valence-corrected chi connectivity index (χ4v) is 5.43. The lowest BCUT2D eigenvalue weighted by Gasteiger charge is -2.34. The Morgan fingerprint density at radius 3 is 2.39 bits per heavy atom. The van der Waals surface area contributed by atoms with Gasteiger partial charge in [-0.15, -0.1) is 0 Å². The Morgan fingerprint density at radius 1 is 1.25 bits per heavy atom. The minimum absolute atomic E-state index is 0.0331. The molecule has 0 bridgehead atoms. The van der Waals surface area contributed by atoms with Crippen molar-refractivity contribution in [1.29, 1.82) is 0 Å². The predicted molar refractivity (Wildman–Crippen MR) is 98.3 cm³/mol. The highest BCUT2D eigenvalue weighted by molar-refractivity contribution is 7.89. The van der Waals surface area contributed by atoms with E-state index in [1.165, 1.54) is 24.3 Å². The molecule has 156 valence electrons. The van der Waals surface area contributed by atoms with E-state index in [2.05, 4.69) is 0 Å². The SMILES string of the molecule is C[C@H](C1CC1)N(CC(F)(F)F)C(=O)[C@@H]1CCCN1S(=O)(=O)c1ccc(Cl)cc1. The first-order valence-corrected chi connectivity index (χ1v) is 11.0. The third kappa shape index (κ3) is 4.63. The fourth-order valence-electron chi connectivity index (χ4n) is 3.66. The molecule has 2 aliphatic rings. The van der Waals surface area contributed by atoms with Crippen molar-refractivity contribution in [3.05, 3.63) is 29.3 Å².